The Morgan fingerprint density at radius 3 is 2.50 bits per heavy atom. The Kier molecular flexibility index (Phi) is 7.47. The molecule has 0 fully saturated rings. The van der Waals surface area contributed by atoms with Gasteiger partial charge in [0.1, 0.15) is 11.9 Å². The third kappa shape index (κ3) is 5.82. The molecule has 0 aliphatic carbocycles. The van der Waals surface area contributed by atoms with Crippen molar-refractivity contribution < 1.29 is 31.8 Å². The summed E-state index contributed by atoms with van der Waals surface area (Å²) in [5, 5.41) is 24.8. The van der Waals surface area contributed by atoms with Gasteiger partial charge in [-0.25, -0.2) is 18.9 Å². The molecule has 196 valence electrons. The Morgan fingerprint density at radius 2 is 1.87 bits per heavy atom. The van der Waals surface area contributed by atoms with Crippen LogP contribution in [-0.4, -0.2) is 31.3 Å². The number of rotatable bonds is 7. The lowest BCUT2D eigenvalue weighted by Gasteiger charge is -2.13. The van der Waals surface area contributed by atoms with Crippen LogP contribution < -0.4 is 10.3 Å². The number of nitrogens with zero attached hydrogens (tertiary/aromatic N) is 4. The van der Waals surface area contributed by atoms with Crippen molar-refractivity contribution in [1.29, 1.82) is 5.26 Å². The zero-order chi connectivity index (χ0) is 27.6. The molecule has 1 unspecified atom stereocenters. The number of aliphatic hydroxyl groups excluding tert-OH is 1. The molecule has 0 aliphatic heterocycles. The van der Waals surface area contributed by atoms with Crippen molar-refractivity contribution in [1.82, 2.24) is 19.7 Å². The van der Waals surface area contributed by atoms with Gasteiger partial charge in [-0.1, -0.05) is 35.9 Å². The van der Waals surface area contributed by atoms with Crippen molar-refractivity contribution >= 4 is 11.6 Å². The van der Waals surface area contributed by atoms with Gasteiger partial charge in [-0.15, -0.1) is 0 Å². The lowest BCUT2D eigenvalue weighted by molar-refractivity contribution is -0.142. The number of imidazole rings is 1. The molecular formula is C24H15ClF5N5O3. The second kappa shape index (κ2) is 10.6. The summed E-state index contributed by atoms with van der Waals surface area (Å²) in [7, 11) is 0. The van der Waals surface area contributed by atoms with E-state index in [0.29, 0.717) is 5.56 Å². The molecule has 14 heteroatoms. The van der Waals surface area contributed by atoms with E-state index in [-0.39, 0.29) is 33.2 Å². The molecule has 2 aromatic carbocycles. The first-order valence-corrected chi connectivity index (χ1v) is 11.0. The van der Waals surface area contributed by atoms with Crippen LogP contribution in [0.2, 0.25) is 5.02 Å². The fourth-order valence-corrected chi connectivity index (χ4v) is 3.70. The van der Waals surface area contributed by atoms with E-state index in [2.05, 4.69) is 15.2 Å². The lowest BCUT2D eigenvalue weighted by atomic mass is 10.0. The van der Waals surface area contributed by atoms with E-state index < -0.39 is 42.4 Å². The third-order valence-corrected chi connectivity index (χ3v) is 5.50. The summed E-state index contributed by atoms with van der Waals surface area (Å²) in [6, 6.07) is 12.1. The highest BCUT2D eigenvalue weighted by atomic mass is 35.5. The van der Waals surface area contributed by atoms with Crippen LogP contribution in [0.5, 0.6) is 11.6 Å². The minimum Gasteiger partial charge on any atom is -0.438 e. The monoisotopic (exact) mass is 551 g/mol. The zero-order valence-electron chi connectivity index (χ0n) is 18.9. The predicted molar refractivity (Wildman–Crippen MR) is 124 cm³/mol. The van der Waals surface area contributed by atoms with Crippen LogP contribution in [0.4, 0.5) is 22.0 Å². The first-order valence-electron chi connectivity index (χ1n) is 10.6. The van der Waals surface area contributed by atoms with Crippen LogP contribution in [0.25, 0.3) is 11.3 Å². The standard InChI is InChI=1S/C24H15ClF5N5O3/c25-16-5-12(9-31)6-17(8-16)38-23-20(24(28,29)30)32-11-35(23)10-15-7-18(33-34-22(15)37)13-1-3-14(4-2-13)19(36)21(26)27/h1-8,11,19,21,36H,10H2,(H,34,37). The number of H-pyrrole nitrogens is 1. The van der Waals surface area contributed by atoms with Crippen molar-refractivity contribution in [2.75, 3.05) is 0 Å². The number of nitrogens with one attached hydrogen (secondary N) is 1. The van der Waals surface area contributed by atoms with E-state index in [1.807, 2.05) is 6.07 Å². The molecule has 38 heavy (non-hydrogen) atoms. The second-order valence-corrected chi connectivity index (χ2v) is 8.36. The maximum Gasteiger partial charge on any atom is 0.438 e. The maximum absolute atomic E-state index is 13.7. The van der Waals surface area contributed by atoms with Crippen LogP contribution in [0, 0.1) is 11.3 Å². The Bertz CT molecular complexity index is 1560. The molecule has 0 aliphatic rings. The Morgan fingerprint density at radius 1 is 1.16 bits per heavy atom. The Labute approximate surface area is 215 Å². The van der Waals surface area contributed by atoms with E-state index in [1.165, 1.54) is 48.5 Å². The van der Waals surface area contributed by atoms with E-state index in [4.69, 9.17) is 21.6 Å². The lowest BCUT2D eigenvalue weighted by Crippen LogP contribution is -2.18. The first kappa shape index (κ1) is 26.8. The molecular weight excluding hydrogens is 537 g/mol. The van der Waals surface area contributed by atoms with Gasteiger partial charge in [0.2, 0.25) is 11.6 Å². The second-order valence-electron chi connectivity index (χ2n) is 7.92. The number of halogens is 6. The van der Waals surface area contributed by atoms with Crippen LogP contribution >= 0.6 is 11.6 Å². The van der Waals surface area contributed by atoms with Crippen LogP contribution in [-0.2, 0) is 12.7 Å². The molecule has 1 atom stereocenters. The van der Waals surface area contributed by atoms with Gasteiger partial charge in [0.05, 0.1) is 30.2 Å². The summed E-state index contributed by atoms with van der Waals surface area (Å²) in [6.45, 7) is -0.420. The van der Waals surface area contributed by atoms with Gasteiger partial charge in [0.15, 0.2) is 0 Å². The SMILES string of the molecule is N#Cc1cc(Cl)cc(Oc2c(C(F)(F)F)ncn2Cc2cc(-c3ccc(C(O)C(F)F)cc3)n[nH]c2=O)c1. The highest BCUT2D eigenvalue weighted by molar-refractivity contribution is 6.30. The molecule has 0 radical (unpaired) electrons. The number of hydrogen-bond acceptors (Lipinski definition) is 6. The molecule has 0 bridgehead atoms. The molecule has 0 spiro atoms. The molecule has 8 nitrogen and oxygen atoms in total. The quantitative estimate of drug-likeness (QED) is 0.300. The van der Waals surface area contributed by atoms with E-state index >= 15 is 0 Å². The number of hydrogen-bond donors (Lipinski definition) is 2. The predicted octanol–water partition coefficient (Wildman–Crippen LogP) is 5.32. The fourth-order valence-electron chi connectivity index (χ4n) is 3.47. The van der Waals surface area contributed by atoms with Gasteiger partial charge in [-0.2, -0.15) is 23.5 Å². The molecule has 2 N–H and O–H groups in total. The fraction of sp³-hybridized carbons (Fsp3) is 0.167. The Hall–Kier alpha value is -4.28. The minimum atomic E-state index is -4.91. The Balaban J connectivity index is 1.69. The smallest absolute Gasteiger partial charge is 0.438 e. The highest BCUT2D eigenvalue weighted by Crippen LogP contribution is 2.38. The first-order chi connectivity index (χ1) is 18.0. The molecule has 0 amide bonds. The van der Waals surface area contributed by atoms with E-state index in [0.717, 1.165) is 10.9 Å². The van der Waals surface area contributed by atoms with Gasteiger partial charge in [-0.05, 0) is 29.8 Å². The molecule has 0 saturated carbocycles. The van der Waals surface area contributed by atoms with Crippen molar-refractivity contribution in [3.63, 3.8) is 0 Å². The minimum absolute atomic E-state index is 0.0218. The normalized spacial score (nSPS) is 12.4. The summed E-state index contributed by atoms with van der Waals surface area (Å²) in [5.41, 5.74) is -1.51. The van der Waals surface area contributed by atoms with Crippen molar-refractivity contribution in [3.8, 4) is 29.0 Å². The van der Waals surface area contributed by atoms with Gasteiger partial charge in [0.25, 0.3) is 12.0 Å². The number of ether oxygens (including phenoxy) is 1. The summed E-state index contributed by atoms with van der Waals surface area (Å²) >= 11 is 5.93. The average Bonchev–Trinajstić information content (AvgIpc) is 3.27. The van der Waals surface area contributed by atoms with Crippen molar-refractivity contribution in [3.05, 3.63) is 92.6 Å². The van der Waals surface area contributed by atoms with Gasteiger partial charge in [0, 0.05) is 16.1 Å². The molecule has 2 aromatic heterocycles. The summed E-state index contributed by atoms with van der Waals surface area (Å²) in [5.74, 6) is -0.900. The van der Waals surface area contributed by atoms with Crippen LogP contribution in [0.1, 0.15) is 28.5 Å². The van der Waals surface area contributed by atoms with E-state index in [1.54, 1.807) is 0 Å². The number of nitriles is 1. The number of aliphatic hydroxyl groups is 1. The molecule has 4 rings (SSSR count). The maximum atomic E-state index is 13.7. The summed E-state index contributed by atoms with van der Waals surface area (Å²) in [4.78, 5) is 15.8. The van der Waals surface area contributed by atoms with Gasteiger partial charge in [-0.3, -0.25) is 9.36 Å². The van der Waals surface area contributed by atoms with Crippen molar-refractivity contribution in [2.24, 2.45) is 0 Å². The van der Waals surface area contributed by atoms with Crippen molar-refractivity contribution in [2.45, 2.75) is 25.3 Å². The summed E-state index contributed by atoms with van der Waals surface area (Å²) < 4.78 is 72.8. The van der Waals surface area contributed by atoms with Crippen LogP contribution in [0.15, 0.2) is 59.7 Å². The summed E-state index contributed by atoms with van der Waals surface area (Å²) in [6.07, 6.45) is -9.02. The third-order valence-electron chi connectivity index (χ3n) is 5.28. The number of benzene rings is 2. The van der Waals surface area contributed by atoms with Gasteiger partial charge < -0.3 is 9.84 Å². The van der Waals surface area contributed by atoms with Gasteiger partial charge >= 0.3 is 6.18 Å². The average molecular weight is 552 g/mol. The highest BCUT2D eigenvalue weighted by Gasteiger charge is 2.39. The number of aromatic nitrogens is 4. The molecule has 4 aromatic rings. The number of aromatic amines is 1. The zero-order valence-corrected chi connectivity index (χ0v) is 19.6. The van der Waals surface area contributed by atoms with Crippen LogP contribution in [0.3, 0.4) is 0 Å². The van der Waals surface area contributed by atoms with E-state index in [9.17, 15) is 31.9 Å². The topological polar surface area (TPSA) is 117 Å². The molecule has 2 heterocycles. The largest absolute Gasteiger partial charge is 0.438 e. The molecule has 0 saturated heterocycles. The number of alkyl halides is 5.